The topological polar surface area (TPSA) is 50.3 Å². The molecule has 1 aromatic heterocycles. The molecule has 1 atom stereocenters. The number of hydrogen-bond donors (Lipinski definition) is 0. The molecule has 0 N–H and O–H groups in total. The lowest BCUT2D eigenvalue weighted by Crippen LogP contribution is -2.30. The summed E-state index contributed by atoms with van der Waals surface area (Å²) < 4.78 is 38.6. The summed E-state index contributed by atoms with van der Waals surface area (Å²) in [6.07, 6.45) is 0. The Hall–Kier alpha value is -1.31. The van der Waals surface area contributed by atoms with Crippen molar-refractivity contribution in [1.82, 2.24) is 9.29 Å². The lowest BCUT2D eigenvalue weighted by atomic mass is 10.1. The highest BCUT2D eigenvalue weighted by Gasteiger charge is 2.27. The molecule has 1 unspecified atom stereocenters. The number of hydrogen-bond acceptors (Lipinski definition) is 4. The number of benzene rings is 1. The maximum atomic E-state index is 12.9. The zero-order valence-corrected chi connectivity index (χ0v) is 12.1. The van der Waals surface area contributed by atoms with Crippen molar-refractivity contribution in [1.29, 1.82) is 0 Å². The highest BCUT2D eigenvalue weighted by molar-refractivity contribution is 7.89. The van der Waals surface area contributed by atoms with Gasteiger partial charge in [0, 0.05) is 18.5 Å². The molecule has 0 saturated heterocycles. The zero-order chi connectivity index (χ0) is 14.0. The maximum absolute atomic E-state index is 12.9. The van der Waals surface area contributed by atoms with Crippen molar-refractivity contribution in [2.24, 2.45) is 0 Å². The molecule has 102 valence electrons. The SMILES string of the molecule is CC(c1ccc(F)cc1)N(C)S(=O)(=O)c1cscn1. The van der Waals surface area contributed by atoms with Gasteiger partial charge in [0.25, 0.3) is 10.0 Å². The molecule has 0 aliphatic heterocycles. The normalized spacial score (nSPS) is 13.7. The van der Waals surface area contributed by atoms with Crippen molar-refractivity contribution < 1.29 is 12.8 Å². The van der Waals surface area contributed by atoms with Crippen LogP contribution >= 0.6 is 11.3 Å². The number of aromatic nitrogens is 1. The van der Waals surface area contributed by atoms with Gasteiger partial charge < -0.3 is 0 Å². The van der Waals surface area contributed by atoms with Crippen molar-refractivity contribution in [2.75, 3.05) is 7.05 Å². The van der Waals surface area contributed by atoms with Crippen LogP contribution in [0, 0.1) is 5.82 Å². The van der Waals surface area contributed by atoms with Crippen molar-refractivity contribution in [2.45, 2.75) is 18.0 Å². The summed E-state index contributed by atoms with van der Waals surface area (Å²) in [5, 5.41) is 1.53. The van der Waals surface area contributed by atoms with E-state index in [4.69, 9.17) is 0 Å². The van der Waals surface area contributed by atoms with Crippen LogP contribution in [0.1, 0.15) is 18.5 Å². The van der Waals surface area contributed by atoms with E-state index in [1.54, 1.807) is 19.1 Å². The maximum Gasteiger partial charge on any atom is 0.261 e. The van der Waals surface area contributed by atoms with Crippen LogP contribution in [-0.4, -0.2) is 24.8 Å². The second-order valence-electron chi connectivity index (χ2n) is 4.08. The van der Waals surface area contributed by atoms with Crippen LogP contribution in [-0.2, 0) is 10.0 Å². The van der Waals surface area contributed by atoms with Crippen LogP contribution in [0.2, 0.25) is 0 Å². The van der Waals surface area contributed by atoms with Crippen molar-refractivity contribution >= 4 is 21.4 Å². The minimum absolute atomic E-state index is 0.0361. The highest BCUT2D eigenvalue weighted by Crippen LogP contribution is 2.25. The first-order chi connectivity index (χ1) is 8.93. The fourth-order valence-corrected chi connectivity index (χ4v) is 3.79. The van der Waals surface area contributed by atoms with Crippen LogP contribution in [0.25, 0.3) is 0 Å². The summed E-state index contributed by atoms with van der Waals surface area (Å²) in [5.41, 5.74) is 2.20. The first-order valence-corrected chi connectivity index (χ1v) is 7.93. The van der Waals surface area contributed by atoms with Gasteiger partial charge in [0.1, 0.15) is 5.82 Å². The molecule has 0 fully saturated rings. The third-order valence-electron chi connectivity index (χ3n) is 2.95. The van der Waals surface area contributed by atoms with Crippen LogP contribution in [0.15, 0.2) is 40.2 Å². The fourth-order valence-electron chi connectivity index (χ4n) is 1.64. The number of sulfonamides is 1. The number of nitrogens with zero attached hydrogens (tertiary/aromatic N) is 2. The Morgan fingerprint density at radius 1 is 1.32 bits per heavy atom. The van der Waals surface area contributed by atoms with Gasteiger partial charge in [-0.15, -0.1) is 11.3 Å². The minimum Gasteiger partial charge on any atom is -0.232 e. The van der Waals surface area contributed by atoms with Gasteiger partial charge in [0.15, 0.2) is 5.03 Å². The largest absolute Gasteiger partial charge is 0.261 e. The van der Waals surface area contributed by atoms with Crippen molar-refractivity contribution in [3.05, 3.63) is 46.5 Å². The minimum atomic E-state index is -3.61. The molecule has 0 aliphatic carbocycles. The van der Waals surface area contributed by atoms with E-state index in [2.05, 4.69) is 4.98 Å². The Morgan fingerprint density at radius 2 is 1.95 bits per heavy atom. The molecule has 0 amide bonds. The molecule has 1 aromatic carbocycles. The van der Waals surface area contributed by atoms with Gasteiger partial charge >= 0.3 is 0 Å². The van der Waals surface area contributed by atoms with Gasteiger partial charge in [-0.05, 0) is 24.6 Å². The molecule has 1 heterocycles. The Labute approximate surface area is 115 Å². The first-order valence-electron chi connectivity index (χ1n) is 5.54. The molecular formula is C12H13FN2O2S2. The Balaban J connectivity index is 2.29. The fraction of sp³-hybridized carbons (Fsp3) is 0.250. The van der Waals surface area contributed by atoms with Crippen LogP contribution < -0.4 is 0 Å². The van der Waals surface area contributed by atoms with E-state index in [1.807, 2.05) is 0 Å². The standard InChI is InChI=1S/C12H13FN2O2S2/c1-9(10-3-5-11(13)6-4-10)15(2)19(16,17)12-7-18-8-14-12/h3-9H,1-2H3. The summed E-state index contributed by atoms with van der Waals surface area (Å²) in [6, 6.07) is 5.39. The van der Waals surface area contributed by atoms with Crippen LogP contribution in [0.4, 0.5) is 4.39 Å². The molecule has 7 heteroatoms. The second kappa shape index (κ2) is 5.36. The number of rotatable bonds is 4. The molecule has 0 radical (unpaired) electrons. The second-order valence-corrected chi connectivity index (χ2v) is 6.74. The average molecular weight is 300 g/mol. The van der Waals surface area contributed by atoms with Gasteiger partial charge in [0.2, 0.25) is 0 Å². The van der Waals surface area contributed by atoms with Gasteiger partial charge in [-0.2, -0.15) is 4.31 Å². The lowest BCUT2D eigenvalue weighted by molar-refractivity contribution is 0.396. The van der Waals surface area contributed by atoms with Gasteiger partial charge in [-0.3, -0.25) is 0 Å². The summed E-state index contributed by atoms with van der Waals surface area (Å²) in [7, 11) is -2.13. The van der Waals surface area contributed by atoms with Gasteiger partial charge in [0.05, 0.1) is 5.51 Å². The van der Waals surface area contributed by atoms with Gasteiger partial charge in [-0.25, -0.2) is 17.8 Å². The summed E-state index contributed by atoms with van der Waals surface area (Å²) >= 11 is 1.23. The van der Waals surface area contributed by atoms with Crippen LogP contribution in [0.5, 0.6) is 0 Å². The predicted octanol–water partition coefficient (Wildman–Crippen LogP) is 2.66. The molecule has 0 bridgehead atoms. The first kappa shape index (κ1) is 14.1. The van der Waals surface area contributed by atoms with E-state index in [0.29, 0.717) is 0 Å². The number of thiazole rings is 1. The van der Waals surface area contributed by atoms with E-state index in [0.717, 1.165) is 5.56 Å². The lowest BCUT2D eigenvalue weighted by Gasteiger charge is -2.23. The molecule has 0 aliphatic rings. The van der Waals surface area contributed by atoms with E-state index in [1.165, 1.54) is 45.7 Å². The molecule has 2 aromatic rings. The van der Waals surface area contributed by atoms with Gasteiger partial charge in [-0.1, -0.05) is 12.1 Å². The van der Waals surface area contributed by atoms with Crippen molar-refractivity contribution in [3.63, 3.8) is 0 Å². The molecule has 4 nitrogen and oxygen atoms in total. The Morgan fingerprint density at radius 3 is 2.47 bits per heavy atom. The van der Waals surface area contributed by atoms with E-state index in [9.17, 15) is 12.8 Å². The third-order valence-corrected chi connectivity index (χ3v) is 5.51. The molecule has 2 rings (SSSR count). The summed E-state index contributed by atoms with van der Waals surface area (Å²) in [6.45, 7) is 1.75. The average Bonchev–Trinajstić information content (AvgIpc) is 2.92. The van der Waals surface area contributed by atoms with E-state index < -0.39 is 16.1 Å². The predicted molar refractivity (Wildman–Crippen MR) is 71.9 cm³/mol. The van der Waals surface area contributed by atoms with Crippen LogP contribution in [0.3, 0.4) is 0 Å². The van der Waals surface area contributed by atoms with Crippen molar-refractivity contribution in [3.8, 4) is 0 Å². The third kappa shape index (κ3) is 2.83. The molecule has 0 saturated carbocycles. The smallest absolute Gasteiger partial charge is 0.232 e. The molecule has 0 spiro atoms. The van der Waals surface area contributed by atoms with E-state index >= 15 is 0 Å². The summed E-state index contributed by atoms with van der Waals surface area (Å²) in [5.74, 6) is -0.346. The Kier molecular flexibility index (Phi) is 3.98. The highest BCUT2D eigenvalue weighted by atomic mass is 32.2. The van der Waals surface area contributed by atoms with E-state index in [-0.39, 0.29) is 10.8 Å². The summed E-state index contributed by atoms with van der Waals surface area (Å²) in [4.78, 5) is 3.83. The number of halogens is 1. The Bertz CT molecular complexity index is 639. The molecular weight excluding hydrogens is 287 g/mol. The monoisotopic (exact) mass is 300 g/mol. The zero-order valence-electron chi connectivity index (χ0n) is 10.4. The quantitative estimate of drug-likeness (QED) is 0.872. The molecule has 19 heavy (non-hydrogen) atoms.